The van der Waals surface area contributed by atoms with E-state index in [2.05, 4.69) is 10.0 Å². The minimum Gasteiger partial charge on any atom is -0.495 e. The first kappa shape index (κ1) is 23.4. The Balaban J connectivity index is 1.98. The van der Waals surface area contributed by atoms with Gasteiger partial charge in [0, 0.05) is 16.8 Å². The van der Waals surface area contributed by atoms with E-state index in [1.165, 1.54) is 32.4 Å². The van der Waals surface area contributed by atoms with Crippen molar-refractivity contribution in [3.63, 3.8) is 0 Å². The number of benzene rings is 2. The predicted molar refractivity (Wildman–Crippen MR) is 114 cm³/mol. The Bertz CT molecular complexity index is 1080. The number of esters is 1. The SMILES string of the molecule is CNS(=O)(=O)c1cc(/C=C/C(=O)OCC(=O)Nc2ccc(C)c(Cl)c2)ccc1OC. The number of halogens is 1. The molecule has 0 bridgehead atoms. The molecule has 1 amide bonds. The van der Waals surface area contributed by atoms with E-state index in [4.69, 9.17) is 21.1 Å². The molecule has 0 aromatic heterocycles. The summed E-state index contributed by atoms with van der Waals surface area (Å²) in [6.45, 7) is 1.35. The molecule has 0 saturated carbocycles. The van der Waals surface area contributed by atoms with Crippen LogP contribution in [0.2, 0.25) is 5.02 Å². The Hall–Kier alpha value is -2.88. The van der Waals surface area contributed by atoms with Crippen LogP contribution in [0, 0.1) is 6.92 Å². The van der Waals surface area contributed by atoms with Crippen molar-refractivity contribution in [2.45, 2.75) is 11.8 Å². The van der Waals surface area contributed by atoms with Gasteiger partial charge in [0.05, 0.1) is 7.11 Å². The minimum atomic E-state index is -3.75. The largest absolute Gasteiger partial charge is 0.495 e. The number of sulfonamides is 1. The molecule has 0 aliphatic rings. The van der Waals surface area contributed by atoms with Crippen LogP contribution < -0.4 is 14.8 Å². The number of nitrogens with one attached hydrogen (secondary N) is 2. The molecule has 8 nitrogen and oxygen atoms in total. The zero-order chi connectivity index (χ0) is 22.3. The van der Waals surface area contributed by atoms with Crippen LogP contribution in [-0.4, -0.2) is 41.1 Å². The van der Waals surface area contributed by atoms with Gasteiger partial charge in [-0.15, -0.1) is 0 Å². The van der Waals surface area contributed by atoms with Crippen molar-refractivity contribution in [3.05, 3.63) is 58.6 Å². The summed E-state index contributed by atoms with van der Waals surface area (Å²) in [4.78, 5) is 23.7. The van der Waals surface area contributed by atoms with Gasteiger partial charge in [0.1, 0.15) is 10.6 Å². The smallest absolute Gasteiger partial charge is 0.331 e. The lowest BCUT2D eigenvalue weighted by Gasteiger charge is -2.09. The van der Waals surface area contributed by atoms with Gasteiger partial charge in [0.2, 0.25) is 10.0 Å². The maximum atomic E-state index is 12.1. The number of amides is 1. The Labute approximate surface area is 179 Å². The average molecular weight is 453 g/mol. The van der Waals surface area contributed by atoms with Crippen LogP contribution in [0.4, 0.5) is 5.69 Å². The van der Waals surface area contributed by atoms with Gasteiger partial charge in [-0.25, -0.2) is 17.9 Å². The fraction of sp³-hybridized carbons (Fsp3) is 0.200. The van der Waals surface area contributed by atoms with Gasteiger partial charge in [0.15, 0.2) is 6.61 Å². The second kappa shape index (κ2) is 10.2. The number of rotatable bonds is 8. The first-order valence-corrected chi connectivity index (χ1v) is 10.5. The highest BCUT2D eigenvalue weighted by molar-refractivity contribution is 7.89. The Morgan fingerprint density at radius 2 is 1.90 bits per heavy atom. The van der Waals surface area contributed by atoms with E-state index in [9.17, 15) is 18.0 Å². The van der Waals surface area contributed by atoms with Gasteiger partial charge >= 0.3 is 5.97 Å². The number of anilines is 1. The van der Waals surface area contributed by atoms with Crippen molar-refractivity contribution < 1.29 is 27.5 Å². The number of hydrogen-bond donors (Lipinski definition) is 2. The highest BCUT2D eigenvalue weighted by Crippen LogP contribution is 2.25. The highest BCUT2D eigenvalue weighted by atomic mass is 35.5. The summed E-state index contributed by atoms with van der Waals surface area (Å²) in [7, 11) is -1.11. The van der Waals surface area contributed by atoms with Crippen molar-refractivity contribution in [2.75, 3.05) is 26.1 Å². The standard InChI is InChI=1S/C20H21ClN2O6S/c1-13-4-7-15(11-16(13)21)23-19(24)12-29-20(25)9-6-14-5-8-17(28-3)18(10-14)30(26,27)22-2/h4-11,22H,12H2,1-3H3,(H,23,24)/b9-6+. The molecule has 0 saturated heterocycles. The van der Waals surface area contributed by atoms with Crippen LogP contribution in [0.1, 0.15) is 11.1 Å². The van der Waals surface area contributed by atoms with E-state index >= 15 is 0 Å². The summed E-state index contributed by atoms with van der Waals surface area (Å²) in [5.41, 5.74) is 1.79. The third kappa shape index (κ3) is 6.31. The molecule has 0 fully saturated rings. The van der Waals surface area contributed by atoms with Gasteiger partial charge in [-0.3, -0.25) is 4.79 Å². The molecule has 0 radical (unpaired) electrons. The number of carbonyl (C=O) groups is 2. The first-order chi connectivity index (χ1) is 14.2. The molecule has 2 rings (SSSR count). The molecule has 10 heteroatoms. The summed E-state index contributed by atoms with van der Waals surface area (Å²) in [6, 6.07) is 9.42. The predicted octanol–water partition coefficient (Wildman–Crippen LogP) is 2.76. The van der Waals surface area contributed by atoms with Crippen molar-refractivity contribution in [1.82, 2.24) is 4.72 Å². The molecule has 160 valence electrons. The van der Waals surface area contributed by atoms with Gasteiger partial charge in [-0.05, 0) is 55.4 Å². The van der Waals surface area contributed by atoms with Crippen molar-refractivity contribution in [3.8, 4) is 5.75 Å². The molecule has 0 aliphatic heterocycles. The summed E-state index contributed by atoms with van der Waals surface area (Å²) >= 11 is 6.00. The maximum Gasteiger partial charge on any atom is 0.331 e. The molecule has 2 N–H and O–H groups in total. The van der Waals surface area contributed by atoms with Gasteiger partial charge in [0.25, 0.3) is 5.91 Å². The normalized spacial score (nSPS) is 11.3. The lowest BCUT2D eigenvalue weighted by atomic mass is 10.2. The fourth-order valence-corrected chi connectivity index (χ4v) is 3.44. The molecular weight excluding hydrogens is 432 g/mol. The lowest BCUT2D eigenvalue weighted by molar-refractivity contribution is -0.142. The van der Waals surface area contributed by atoms with Crippen LogP contribution >= 0.6 is 11.6 Å². The zero-order valence-corrected chi connectivity index (χ0v) is 18.1. The summed E-state index contributed by atoms with van der Waals surface area (Å²) < 4.78 is 36.3. The second-order valence-corrected chi connectivity index (χ2v) is 8.33. The summed E-state index contributed by atoms with van der Waals surface area (Å²) in [5.74, 6) is -1.12. The van der Waals surface area contributed by atoms with Crippen LogP contribution in [-0.2, 0) is 24.3 Å². The molecule has 2 aromatic rings. The number of carbonyl (C=O) groups excluding carboxylic acids is 2. The minimum absolute atomic E-state index is 0.0702. The van der Waals surface area contributed by atoms with E-state index in [1.54, 1.807) is 24.3 Å². The molecule has 0 heterocycles. The molecule has 30 heavy (non-hydrogen) atoms. The Kier molecular flexibility index (Phi) is 7.99. The van der Waals surface area contributed by atoms with Crippen LogP contribution in [0.3, 0.4) is 0 Å². The Morgan fingerprint density at radius 1 is 1.17 bits per heavy atom. The quantitative estimate of drug-likeness (QED) is 0.470. The van der Waals surface area contributed by atoms with E-state index in [-0.39, 0.29) is 10.6 Å². The van der Waals surface area contributed by atoms with Crippen LogP contribution in [0.15, 0.2) is 47.4 Å². The maximum absolute atomic E-state index is 12.1. The van der Waals surface area contributed by atoms with E-state index in [1.807, 2.05) is 6.92 Å². The summed E-state index contributed by atoms with van der Waals surface area (Å²) in [5, 5.41) is 3.08. The lowest BCUT2D eigenvalue weighted by Crippen LogP contribution is -2.20. The number of hydrogen-bond acceptors (Lipinski definition) is 6. The zero-order valence-electron chi connectivity index (χ0n) is 16.6. The van der Waals surface area contributed by atoms with Crippen molar-refractivity contribution >= 4 is 45.3 Å². The Morgan fingerprint density at radius 3 is 2.53 bits per heavy atom. The molecular formula is C20H21ClN2O6S. The number of ether oxygens (including phenoxy) is 2. The highest BCUT2D eigenvalue weighted by Gasteiger charge is 2.17. The summed E-state index contributed by atoms with van der Waals surface area (Å²) in [6.07, 6.45) is 2.46. The number of aryl methyl sites for hydroxylation is 1. The van der Waals surface area contributed by atoms with Gasteiger partial charge < -0.3 is 14.8 Å². The topological polar surface area (TPSA) is 111 Å². The van der Waals surface area contributed by atoms with Crippen LogP contribution in [0.25, 0.3) is 6.08 Å². The molecule has 0 aliphatic carbocycles. The molecule has 0 unspecified atom stereocenters. The van der Waals surface area contributed by atoms with E-state index in [0.717, 1.165) is 11.6 Å². The molecule has 0 atom stereocenters. The third-order valence-corrected chi connectivity index (χ3v) is 5.80. The van der Waals surface area contributed by atoms with Crippen molar-refractivity contribution in [2.24, 2.45) is 0 Å². The second-order valence-electron chi connectivity index (χ2n) is 6.07. The molecule has 2 aromatic carbocycles. The fourth-order valence-electron chi connectivity index (χ4n) is 2.33. The van der Waals surface area contributed by atoms with E-state index < -0.39 is 28.5 Å². The molecule has 0 spiro atoms. The number of methoxy groups -OCH3 is 1. The van der Waals surface area contributed by atoms with Gasteiger partial charge in [-0.2, -0.15) is 0 Å². The monoisotopic (exact) mass is 452 g/mol. The average Bonchev–Trinajstić information content (AvgIpc) is 2.73. The van der Waals surface area contributed by atoms with E-state index in [0.29, 0.717) is 16.3 Å². The van der Waals surface area contributed by atoms with Gasteiger partial charge in [-0.1, -0.05) is 23.7 Å². The van der Waals surface area contributed by atoms with Crippen molar-refractivity contribution in [1.29, 1.82) is 0 Å². The van der Waals surface area contributed by atoms with Crippen LogP contribution in [0.5, 0.6) is 5.75 Å². The third-order valence-electron chi connectivity index (χ3n) is 3.96. The first-order valence-electron chi connectivity index (χ1n) is 8.68.